The van der Waals surface area contributed by atoms with E-state index in [9.17, 15) is 4.79 Å². The fourth-order valence-electron chi connectivity index (χ4n) is 4.08. The third-order valence-corrected chi connectivity index (χ3v) is 5.88. The Morgan fingerprint density at radius 2 is 1.73 bits per heavy atom. The van der Waals surface area contributed by atoms with Gasteiger partial charge in [0.25, 0.3) is 0 Å². The molecular weight excluding hydrogens is 420 g/mol. The number of ether oxygens (including phenoxy) is 2. The van der Waals surface area contributed by atoms with E-state index in [0.29, 0.717) is 18.0 Å². The molecule has 174 valence electrons. The van der Waals surface area contributed by atoms with Crippen molar-refractivity contribution in [3.63, 3.8) is 0 Å². The van der Waals surface area contributed by atoms with Gasteiger partial charge >= 0.3 is 6.03 Å². The number of amides is 2. The maximum absolute atomic E-state index is 12.6. The first kappa shape index (κ1) is 22.5. The molecule has 8 nitrogen and oxygen atoms in total. The lowest BCUT2D eigenvalue weighted by molar-refractivity contribution is 0.162. The molecule has 1 aliphatic heterocycles. The molecule has 2 N–H and O–H groups in total. The summed E-state index contributed by atoms with van der Waals surface area (Å²) < 4.78 is 16.3. The van der Waals surface area contributed by atoms with Gasteiger partial charge in [0.2, 0.25) is 0 Å². The van der Waals surface area contributed by atoms with Crippen molar-refractivity contribution in [2.45, 2.75) is 6.04 Å². The molecular formula is C25H30N4O4. The van der Waals surface area contributed by atoms with Gasteiger partial charge in [-0.05, 0) is 48.5 Å². The average molecular weight is 451 g/mol. The normalized spacial score (nSPS) is 15.0. The van der Waals surface area contributed by atoms with Gasteiger partial charge in [0.05, 0.1) is 32.2 Å². The molecule has 1 aliphatic rings. The van der Waals surface area contributed by atoms with Crippen LogP contribution in [0.25, 0.3) is 0 Å². The number of methoxy groups -OCH3 is 2. The Balaban J connectivity index is 1.36. The summed E-state index contributed by atoms with van der Waals surface area (Å²) in [6, 6.07) is 19.0. The number of hydrogen-bond donors (Lipinski definition) is 2. The van der Waals surface area contributed by atoms with Crippen LogP contribution in [-0.4, -0.2) is 57.9 Å². The molecule has 1 fully saturated rings. The minimum atomic E-state index is -0.284. The SMILES string of the molecule is COc1ccc(N2CCN(C(CNC(=O)Nc3ccccc3OC)c3ccco3)CC2)cc1. The van der Waals surface area contributed by atoms with Gasteiger partial charge in [-0.1, -0.05) is 12.1 Å². The zero-order valence-corrected chi connectivity index (χ0v) is 19.0. The molecule has 0 saturated carbocycles. The average Bonchev–Trinajstić information content (AvgIpc) is 3.40. The van der Waals surface area contributed by atoms with Gasteiger partial charge < -0.3 is 29.4 Å². The van der Waals surface area contributed by atoms with E-state index in [2.05, 4.69) is 32.6 Å². The van der Waals surface area contributed by atoms with Crippen LogP contribution in [0, 0.1) is 0 Å². The number of benzene rings is 2. The second-order valence-electron chi connectivity index (χ2n) is 7.79. The molecule has 2 heterocycles. The Hall–Kier alpha value is -3.65. The number of carbonyl (C=O) groups is 1. The molecule has 1 saturated heterocycles. The molecule has 4 rings (SSSR count). The number of nitrogens with one attached hydrogen (secondary N) is 2. The fourth-order valence-corrected chi connectivity index (χ4v) is 4.08. The van der Waals surface area contributed by atoms with Gasteiger partial charge in [-0.25, -0.2) is 4.79 Å². The Bertz CT molecular complexity index is 1020. The topological polar surface area (TPSA) is 79.2 Å². The first-order chi connectivity index (χ1) is 16.2. The van der Waals surface area contributed by atoms with Crippen molar-refractivity contribution in [2.75, 3.05) is 57.2 Å². The second-order valence-corrected chi connectivity index (χ2v) is 7.79. The summed E-state index contributed by atoms with van der Waals surface area (Å²) in [5.74, 6) is 2.31. The highest BCUT2D eigenvalue weighted by atomic mass is 16.5. The van der Waals surface area contributed by atoms with Crippen molar-refractivity contribution in [1.29, 1.82) is 0 Å². The molecule has 0 aliphatic carbocycles. The van der Waals surface area contributed by atoms with Crippen LogP contribution in [0.3, 0.4) is 0 Å². The maximum Gasteiger partial charge on any atom is 0.319 e. The second kappa shape index (κ2) is 10.8. The van der Waals surface area contributed by atoms with Gasteiger partial charge in [-0.2, -0.15) is 0 Å². The van der Waals surface area contributed by atoms with Crippen LogP contribution in [-0.2, 0) is 0 Å². The lowest BCUT2D eigenvalue weighted by Crippen LogP contribution is -2.50. The molecule has 8 heteroatoms. The van der Waals surface area contributed by atoms with Crippen molar-refractivity contribution >= 4 is 17.4 Å². The third-order valence-electron chi connectivity index (χ3n) is 5.88. The Kier molecular flexibility index (Phi) is 7.36. The number of rotatable bonds is 8. The summed E-state index contributed by atoms with van der Waals surface area (Å²) in [7, 11) is 3.25. The van der Waals surface area contributed by atoms with Crippen LogP contribution in [0.4, 0.5) is 16.2 Å². The predicted octanol–water partition coefficient (Wildman–Crippen LogP) is 3.98. The lowest BCUT2D eigenvalue weighted by atomic mass is 10.1. The zero-order valence-electron chi connectivity index (χ0n) is 19.0. The maximum atomic E-state index is 12.6. The number of nitrogens with zero attached hydrogens (tertiary/aromatic N) is 2. The highest BCUT2D eigenvalue weighted by Gasteiger charge is 2.27. The summed E-state index contributed by atoms with van der Waals surface area (Å²) in [6.45, 7) is 3.91. The van der Waals surface area contributed by atoms with E-state index in [1.54, 1.807) is 26.5 Å². The van der Waals surface area contributed by atoms with Gasteiger partial charge in [-0.15, -0.1) is 0 Å². The van der Waals surface area contributed by atoms with E-state index >= 15 is 0 Å². The molecule has 0 radical (unpaired) electrons. The molecule has 2 amide bonds. The first-order valence-corrected chi connectivity index (χ1v) is 11.0. The predicted molar refractivity (Wildman–Crippen MR) is 128 cm³/mol. The van der Waals surface area contributed by atoms with E-state index in [-0.39, 0.29) is 12.1 Å². The monoisotopic (exact) mass is 450 g/mol. The van der Waals surface area contributed by atoms with E-state index in [1.807, 2.05) is 42.5 Å². The van der Waals surface area contributed by atoms with Crippen LogP contribution >= 0.6 is 0 Å². The summed E-state index contributed by atoms with van der Waals surface area (Å²) >= 11 is 0. The number of urea groups is 1. The van der Waals surface area contributed by atoms with Crippen molar-refractivity contribution in [3.05, 3.63) is 72.7 Å². The largest absolute Gasteiger partial charge is 0.497 e. The van der Waals surface area contributed by atoms with Gasteiger partial charge in [0.15, 0.2) is 0 Å². The number of furan rings is 1. The fraction of sp³-hybridized carbons (Fsp3) is 0.320. The third kappa shape index (κ3) is 5.59. The van der Waals surface area contributed by atoms with Gasteiger partial charge in [-0.3, -0.25) is 4.90 Å². The molecule has 0 bridgehead atoms. The van der Waals surface area contributed by atoms with E-state index in [0.717, 1.165) is 37.7 Å². The van der Waals surface area contributed by atoms with Crippen molar-refractivity contribution < 1.29 is 18.7 Å². The van der Waals surface area contributed by atoms with Crippen LogP contribution < -0.4 is 25.0 Å². The number of anilines is 2. The Morgan fingerprint density at radius 3 is 2.39 bits per heavy atom. The van der Waals surface area contributed by atoms with Crippen molar-refractivity contribution in [3.8, 4) is 11.5 Å². The minimum absolute atomic E-state index is 0.0542. The molecule has 1 unspecified atom stereocenters. The van der Waals surface area contributed by atoms with Crippen LogP contribution in [0.2, 0.25) is 0 Å². The summed E-state index contributed by atoms with van der Waals surface area (Å²) in [6.07, 6.45) is 1.67. The Morgan fingerprint density at radius 1 is 0.970 bits per heavy atom. The molecule has 33 heavy (non-hydrogen) atoms. The van der Waals surface area contributed by atoms with Crippen LogP contribution in [0.15, 0.2) is 71.3 Å². The number of hydrogen-bond acceptors (Lipinski definition) is 6. The van der Waals surface area contributed by atoms with Gasteiger partial charge in [0.1, 0.15) is 17.3 Å². The molecule has 1 atom stereocenters. The Labute approximate surface area is 194 Å². The number of carbonyl (C=O) groups excluding carboxylic acids is 1. The molecule has 3 aromatic rings. The van der Waals surface area contributed by atoms with Gasteiger partial charge in [0, 0.05) is 38.4 Å². The highest BCUT2D eigenvalue weighted by molar-refractivity contribution is 5.90. The highest BCUT2D eigenvalue weighted by Crippen LogP contribution is 2.26. The number of para-hydroxylation sites is 2. The quantitative estimate of drug-likeness (QED) is 0.541. The summed E-state index contributed by atoms with van der Waals surface area (Å²) in [5.41, 5.74) is 1.81. The van der Waals surface area contributed by atoms with E-state index in [1.165, 1.54) is 5.69 Å². The molecule has 0 spiro atoms. The smallest absolute Gasteiger partial charge is 0.319 e. The van der Waals surface area contributed by atoms with E-state index in [4.69, 9.17) is 13.9 Å². The van der Waals surface area contributed by atoms with Crippen LogP contribution in [0.1, 0.15) is 11.8 Å². The van der Waals surface area contributed by atoms with Crippen molar-refractivity contribution in [2.24, 2.45) is 0 Å². The summed E-state index contributed by atoms with van der Waals surface area (Å²) in [4.78, 5) is 17.3. The lowest BCUT2D eigenvalue weighted by Gasteiger charge is -2.39. The first-order valence-electron chi connectivity index (χ1n) is 11.0. The van der Waals surface area contributed by atoms with Crippen LogP contribution in [0.5, 0.6) is 11.5 Å². The molecule has 2 aromatic carbocycles. The van der Waals surface area contributed by atoms with Crippen molar-refractivity contribution in [1.82, 2.24) is 10.2 Å². The molecule has 1 aromatic heterocycles. The minimum Gasteiger partial charge on any atom is -0.497 e. The number of piperazine rings is 1. The zero-order chi connectivity index (χ0) is 23.0. The standard InChI is InChI=1S/C25H30N4O4/c1-31-20-11-9-19(10-12-20)28-13-15-29(16-14-28)22(24-8-5-17-33-24)18-26-25(30)27-21-6-3-4-7-23(21)32-2/h3-12,17,22H,13-16,18H2,1-2H3,(H2,26,27,30). The van der Waals surface area contributed by atoms with E-state index < -0.39 is 0 Å². The summed E-state index contributed by atoms with van der Waals surface area (Å²) in [5, 5.41) is 5.85.